The summed E-state index contributed by atoms with van der Waals surface area (Å²) in [5.74, 6) is -0.664. The summed E-state index contributed by atoms with van der Waals surface area (Å²) < 4.78 is 0. The van der Waals surface area contributed by atoms with Gasteiger partial charge in [-0.1, -0.05) is 11.6 Å². The van der Waals surface area contributed by atoms with Gasteiger partial charge in [0.05, 0.1) is 6.54 Å². The average molecular weight is 354 g/mol. The summed E-state index contributed by atoms with van der Waals surface area (Å²) in [6, 6.07) is 6.56. The molecule has 6 nitrogen and oxygen atoms in total. The Hall–Kier alpha value is -2.08. The third-order valence-electron chi connectivity index (χ3n) is 2.93. The molecule has 0 atom stereocenters. The van der Waals surface area contributed by atoms with Crippen LogP contribution in [0.5, 0.6) is 0 Å². The molecule has 0 aliphatic rings. The van der Waals surface area contributed by atoms with E-state index in [1.807, 2.05) is 20.8 Å². The molecule has 0 heterocycles. The van der Waals surface area contributed by atoms with Crippen molar-refractivity contribution in [1.82, 2.24) is 16.0 Å². The van der Waals surface area contributed by atoms with Crippen LogP contribution in [-0.2, 0) is 9.59 Å². The molecule has 0 saturated heterocycles. The van der Waals surface area contributed by atoms with E-state index in [9.17, 15) is 14.4 Å². The standard InChI is InChI=1S/C17H24ClN3O3/c1-17(2,3)21-15(23)11-20-14(22)5-4-10-19-16(24)12-6-8-13(18)9-7-12/h6-9H,4-5,10-11H2,1-3H3,(H,19,24)(H,20,22)(H,21,23). The number of nitrogens with one attached hydrogen (secondary N) is 3. The molecule has 0 aromatic heterocycles. The second-order valence-electron chi connectivity index (χ2n) is 6.44. The molecule has 0 bridgehead atoms. The van der Waals surface area contributed by atoms with E-state index in [0.717, 1.165) is 0 Å². The molecule has 0 fully saturated rings. The fourth-order valence-corrected chi connectivity index (χ4v) is 2.01. The highest BCUT2D eigenvalue weighted by Crippen LogP contribution is 2.09. The summed E-state index contributed by atoms with van der Waals surface area (Å²) >= 11 is 5.76. The van der Waals surface area contributed by atoms with E-state index < -0.39 is 0 Å². The van der Waals surface area contributed by atoms with Crippen LogP contribution in [0.25, 0.3) is 0 Å². The zero-order valence-corrected chi connectivity index (χ0v) is 15.0. The highest BCUT2D eigenvalue weighted by Gasteiger charge is 2.14. The molecule has 0 unspecified atom stereocenters. The van der Waals surface area contributed by atoms with Crippen molar-refractivity contribution in [3.63, 3.8) is 0 Å². The molecule has 132 valence electrons. The molecule has 1 aromatic carbocycles. The van der Waals surface area contributed by atoms with Crippen LogP contribution < -0.4 is 16.0 Å². The molecule has 7 heteroatoms. The Kier molecular flexibility index (Phi) is 7.71. The van der Waals surface area contributed by atoms with E-state index >= 15 is 0 Å². The fourth-order valence-electron chi connectivity index (χ4n) is 1.88. The Balaban J connectivity index is 2.18. The number of amides is 3. The summed E-state index contributed by atoms with van der Waals surface area (Å²) in [7, 11) is 0. The largest absolute Gasteiger partial charge is 0.352 e. The Morgan fingerprint density at radius 1 is 1.00 bits per heavy atom. The Bertz CT molecular complexity index is 580. The lowest BCUT2D eigenvalue weighted by molar-refractivity contribution is -0.126. The van der Waals surface area contributed by atoms with Gasteiger partial charge < -0.3 is 16.0 Å². The number of rotatable bonds is 7. The van der Waals surface area contributed by atoms with E-state index in [1.165, 1.54) is 0 Å². The van der Waals surface area contributed by atoms with Gasteiger partial charge in [-0.25, -0.2) is 0 Å². The normalized spacial score (nSPS) is 10.8. The third-order valence-corrected chi connectivity index (χ3v) is 3.19. The number of benzene rings is 1. The highest BCUT2D eigenvalue weighted by atomic mass is 35.5. The number of carbonyl (C=O) groups excluding carboxylic acids is 3. The van der Waals surface area contributed by atoms with Gasteiger partial charge in [0, 0.05) is 29.1 Å². The molecule has 1 aromatic rings. The Morgan fingerprint density at radius 2 is 1.62 bits per heavy atom. The number of carbonyl (C=O) groups is 3. The van der Waals surface area contributed by atoms with Crippen molar-refractivity contribution in [3.05, 3.63) is 34.9 Å². The van der Waals surface area contributed by atoms with E-state index in [2.05, 4.69) is 16.0 Å². The number of hydrogen-bond acceptors (Lipinski definition) is 3. The predicted molar refractivity (Wildman–Crippen MR) is 93.9 cm³/mol. The van der Waals surface area contributed by atoms with E-state index in [1.54, 1.807) is 24.3 Å². The van der Waals surface area contributed by atoms with Gasteiger partial charge in [0.25, 0.3) is 5.91 Å². The maximum absolute atomic E-state index is 11.8. The quantitative estimate of drug-likeness (QED) is 0.654. The minimum absolute atomic E-state index is 0.0484. The predicted octanol–water partition coefficient (Wildman–Crippen LogP) is 1.88. The SMILES string of the molecule is CC(C)(C)NC(=O)CNC(=O)CCCNC(=O)c1ccc(Cl)cc1. The van der Waals surface area contributed by atoms with E-state index in [4.69, 9.17) is 11.6 Å². The minimum atomic E-state index is -0.326. The molecule has 0 radical (unpaired) electrons. The first-order valence-electron chi connectivity index (χ1n) is 7.79. The van der Waals surface area contributed by atoms with Gasteiger partial charge >= 0.3 is 0 Å². The van der Waals surface area contributed by atoms with Gasteiger partial charge in [0.1, 0.15) is 0 Å². The van der Waals surface area contributed by atoms with Gasteiger partial charge in [-0.15, -0.1) is 0 Å². The lowest BCUT2D eigenvalue weighted by atomic mass is 10.1. The topological polar surface area (TPSA) is 87.3 Å². The molecular formula is C17H24ClN3O3. The zero-order valence-electron chi connectivity index (χ0n) is 14.2. The summed E-state index contributed by atoms with van der Waals surface area (Å²) in [4.78, 5) is 35.1. The summed E-state index contributed by atoms with van der Waals surface area (Å²) in [6.07, 6.45) is 0.732. The van der Waals surface area contributed by atoms with Crippen LogP contribution in [0, 0.1) is 0 Å². The molecule has 24 heavy (non-hydrogen) atoms. The molecular weight excluding hydrogens is 330 g/mol. The summed E-state index contributed by atoms with van der Waals surface area (Å²) in [5, 5.41) is 8.61. The Morgan fingerprint density at radius 3 is 2.21 bits per heavy atom. The molecule has 1 rings (SSSR count). The van der Waals surface area contributed by atoms with Crippen LogP contribution >= 0.6 is 11.6 Å². The second-order valence-corrected chi connectivity index (χ2v) is 6.88. The van der Waals surface area contributed by atoms with Gasteiger partial charge in [-0.2, -0.15) is 0 Å². The smallest absolute Gasteiger partial charge is 0.251 e. The molecule has 0 aliphatic carbocycles. The third kappa shape index (κ3) is 8.53. The summed E-state index contributed by atoms with van der Waals surface area (Å²) in [5.41, 5.74) is 0.191. The van der Waals surface area contributed by atoms with Crippen LogP contribution in [0.1, 0.15) is 44.0 Å². The molecule has 3 N–H and O–H groups in total. The van der Waals surface area contributed by atoms with Crippen molar-refractivity contribution in [3.8, 4) is 0 Å². The average Bonchev–Trinajstić information content (AvgIpc) is 2.48. The van der Waals surface area contributed by atoms with Gasteiger partial charge in [-0.05, 0) is 51.5 Å². The van der Waals surface area contributed by atoms with Crippen molar-refractivity contribution in [2.45, 2.75) is 39.2 Å². The van der Waals surface area contributed by atoms with E-state index in [-0.39, 0.29) is 36.2 Å². The number of halogens is 1. The lowest BCUT2D eigenvalue weighted by Crippen LogP contribution is -2.45. The monoisotopic (exact) mass is 353 g/mol. The molecule has 0 aliphatic heterocycles. The van der Waals surface area contributed by atoms with Crippen molar-refractivity contribution >= 4 is 29.3 Å². The van der Waals surface area contributed by atoms with Crippen LogP contribution in [-0.4, -0.2) is 36.3 Å². The highest BCUT2D eigenvalue weighted by molar-refractivity contribution is 6.30. The van der Waals surface area contributed by atoms with Crippen LogP contribution in [0.3, 0.4) is 0 Å². The van der Waals surface area contributed by atoms with E-state index in [0.29, 0.717) is 23.6 Å². The van der Waals surface area contributed by atoms with Crippen molar-refractivity contribution in [2.75, 3.05) is 13.1 Å². The Labute approximate surface area is 147 Å². The first-order chi connectivity index (χ1) is 11.2. The zero-order chi connectivity index (χ0) is 18.2. The molecule has 0 saturated carbocycles. The van der Waals surface area contributed by atoms with Crippen molar-refractivity contribution in [2.24, 2.45) is 0 Å². The lowest BCUT2D eigenvalue weighted by Gasteiger charge is -2.20. The molecule has 0 spiro atoms. The van der Waals surface area contributed by atoms with Crippen LogP contribution in [0.4, 0.5) is 0 Å². The fraction of sp³-hybridized carbons (Fsp3) is 0.471. The molecule has 3 amide bonds. The minimum Gasteiger partial charge on any atom is -0.352 e. The summed E-state index contributed by atoms with van der Waals surface area (Å²) in [6.45, 7) is 5.94. The van der Waals surface area contributed by atoms with Gasteiger partial charge in [-0.3, -0.25) is 14.4 Å². The van der Waals surface area contributed by atoms with Crippen LogP contribution in [0.15, 0.2) is 24.3 Å². The second kappa shape index (κ2) is 9.27. The first kappa shape index (κ1) is 20.0. The maximum Gasteiger partial charge on any atom is 0.251 e. The first-order valence-corrected chi connectivity index (χ1v) is 8.16. The maximum atomic E-state index is 11.8. The van der Waals surface area contributed by atoms with Gasteiger partial charge in [0.2, 0.25) is 11.8 Å². The number of hydrogen-bond donors (Lipinski definition) is 3. The van der Waals surface area contributed by atoms with Crippen molar-refractivity contribution in [1.29, 1.82) is 0 Å². The van der Waals surface area contributed by atoms with Crippen molar-refractivity contribution < 1.29 is 14.4 Å². The van der Waals surface area contributed by atoms with Gasteiger partial charge in [0.15, 0.2) is 0 Å². The van der Waals surface area contributed by atoms with Crippen LogP contribution in [0.2, 0.25) is 5.02 Å².